The van der Waals surface area contributed by atoms with Crippen LogP contribution in [-0.4, -0.2) is 29.5 Å². The molecule has 0 saturated heterocycles. The Balaban J connectivity index is 1.68. The first-order valence-electron chi connectivity index (χ1n) is 9.39. The molecule has 0 aliphatic heterocycles. The first kappa shape index (κ1) is 17.3. The van der Waals surface area contributed by atoms with Gasteiger partial charge in [0.25, 0.3) is 0 Å². The molecule has 2 aromatic carbocycles. The second-order valence-electron chi connectivity index (χ2n) is 6.67. The van der Waals surface area contributed by atoms with Gasteiger partial charge in [0.15, 0.2) is 11.5 Å². The number of rotatable bonds is 5. The second kappa shape index (κ2) is 6.97. The van der Waals surface area contributed by atoms with Crippen molar-refractivity contribution in [3.63, 3.8) is 0 Å². The van der Waals surface area contributed by atoms with Gasteiger partial charge < -0.3 is 10.3 Å². The van der Waals surface area contributed by atoms with E-state index in [1.807, 2.05) is 41.8 Å². The summed E-state index contributed by atoms with van der Waals surface area (Å²) in [6.07, 6.45) is 3.77. The summed E-state index contributed by atoms with van der Waals surface area (Å²) in [5.41, 5.74) is 3.42. The van der Waals surface area contributed by atoms with E-state index in [0.717, 1.165) is 23.0 Å². The van der Waals surface area contributed by atoms with Crippen LogP contribution >= 0.6 is 0 Å². The van der Waals surface area contributed by atoms with Crippen molar-refractivity contribution in [2.45, 2.75) is 19.4 Å². The number of anilines is 1. The highest BCUT2D eigenvalue weighted by molar-refractivity contribution is 5.82. The lowest BCUT2D eigenvalue weighted by Gasteiger charge is -2.19. The molecule has 2 N–H and O–H groups in total. The summed E-state index contributed by atoms with van der Waals surface area (Å²) in [4.78, 5) is 20.6. The number of para-hydroxylation sites is 3. The maximum absolute atomic E-state index is 14.7. The third-order valence-electron chi connectivity index (χ3n) is 4.93. The average molecular weight is 387 g/mol. The molecule has 0 bridgehead atoms. The van der Waals surface area contributed by atoms with E-state index < -0.39 is 0 Å². The number of H-pyrrole nitrogens is 1. The molecule has 0 saturated carbocycles. The zero-order chi connectivity index (χ0) is 19.8. The molecule has 0 radical (unpaired) electrons. The Morgan fingerprint density at radius 3 is 2.76 bits per heavy atom. The van der Waals surface area contributed by atoms with Gasteiger partial charge in [-0.2, -0.15) is 0 Å². The third-order valence-corrected chi connectivity index (χ3v) is 4.93. The molecule has 3 heterocycles. The molecule has 5 aromatic rings. The van der Waals surface area contributed by atoms with Crippen LogP contribution in [0.15, 0.2) is 61.2 Å². The highest BCUT2D eigenvalue weighted by Gasteiger charge is 2.22. The van der Waals surface area contributed by atoms with Crippen LogP contribution in [0.2, 0.25) is 0 Å². The molecular weight excluding hydrogens is 369 g/mol. The van der Waals surface area contributed by atoms with Gasteiger partial charge in [0.05, 0.1) is 29.1 Å². The maximum atomic E-state index is 14.7. The molecule has 0 unspecified atom stereocenters. The molecule has 0 aliphatic rings. The third kappa shape index (κ3) is 2.89. The van der Waals surface area contributed by atoms with Gasteiger partial charge in [-0.05, 0) is 30.7 Å². The minimum Gasteiger partial charge on any atom is -0.358 e. The number of nitrogens with one attached hydrogen (secondary N) is 2. The molecule has 0 amide bonds. The number of hydrogen-bond donors (Lipinski definition) is 2. The van der Waals surface area contributed by atoms with E-state index in [0.29, 0.717) is 23.0 Å². The standard InChI is InChI=1S/C21H18FN7/c1-2-14(27-20-18-19(24-11-23-18)25-12-26-20)21-28-15-8-4-6-10-17(15)29(21)16-9-5-3-7-13(16)22/h3-12,14H,2H2,1H3,(H2,23,24,25,26,27)/t14-/m0/s1. The predicted octanol–water partition coefficient (Wildman–Crippen LogP) is 4.39. The van der Waals surface area contributed by atoms with E-state index in [4.69, 9.17) is 4.98 Å². The van der Waals surface area contributed by atoms with E-state index in [2.05, 4.69) is 25.3 Å². The Labute approximate surface area is 165 Å². The maximum Gasteiger partial charge on any atom is 0.182 e. The highest BCUT2D eigenvalue weighted by atomic mass is 19.1. The van der Waals surface area contributed by atoms with Crippen LogP contribution in [0, 0.1) is 5.82 Å². The number of halogens is 1. The largest absolute Gasteiger partial charge is 0.358 e. The van der Waals surface area contributed by atoms with Gasteiger partial charge in [0.1, 0.15) is 23.5 Å². The number of hydrogen-bond acceptors (Lipinski definition) is 5. The molecular formula is C21H18FN7. The van der Waals surface area contributed by atoms with Crippen LogP contribution in [0.4, 0.5) is 10.2 Å². The van der Waals surface area contributed by atoms with Gasteiger partial charge in [-0.3, -0.25) is 4.57 Å². The topological polar surface area (TPSA) is 84.3 Å². The normalized spacial score (nSPS) is 12.5. The lowest BCUT2D eigenvalue weighted by Crippen LogP contribution is -2.17. The first-order chi connectivity index (χ1) is 14.3. The fourth-order valence-electron chi connectivity index (χ4n) is 3.55. The molecule has 5 rings (SSSR count). The van der Waals surface area contributed by atoms with Crippen molar-refractivity contribution in [3.8, 4) is 5.69 Å². The predicted molar refractivity (Wildman–Crippen MR) is 109 cm³/mol. The van der Waals surface area contributed by atoms with Crippen LogP contribution in [0.25, 0.3) is 27.9 Å². The summed E-state index contributed by atoms with van der Waals surface area (Å²) in [5, 5.41) is 3.44. The van der Waals surface area contributed by atoms with Crippen LogP contribution in [0.3, 0.4) is 0 Å². The molecule has 0 spiro atoms. The Kier molecular flexibility index (Phi) is 4.16. The lowest BCUT2D eigenvalue weighted by atomic mass is 10.2. The van der Waals surface area contributed by atoms with Gasteiger partial charge in [0.2, 0.25) is 0 Å². The Bertz CT molecular complexity index is 1310. The Hall–Kier alpha value is -3.81. The van der Waals surface area contributed by atoms with Gasteiger partial charge >= 0.3 is 0 Å². The van der Waals surface area contributed by atoms with Crippen LogP contribution in [0.5, 0.6) is 0 Å². The van der Waals surface area contributed by atoms with Gasteiger partial charge in [-0.15, -0.1) is 0 Å². The molecule has 0 fully saturated rings. The fraction of sp³-hybridized carbons (Fsp3) is 0.143. The summed E-state index contributed by atoms with van der Waals surface area (Å²) >= 11 is 0. The van der Waals surface area contributed by atoms with Crippen molar-refractivity contribution in [2.24, 2.45) is 0 Å². The van der Waals surface area contributed by atoms with Crippen molar-refractivity contribution in [1.29, 1.82) is 0 Å². The van der Waals surface area contributed by atoms with Crippen molar-refractivity contribution < 1.29 is 4.39 Å². The average Bonchev–Trinajstić information content (AvgIpc) is 3.37. The Morgan fingerprint density at radius 1 is 1.07 bits per heavy atom. The minimum atomic E-state index is -0.301. The lowest BCUT2D eigenvalue weighted by molar-refractivity contribution is 0.609. The van der Waals surface area contributed by atoms with Crippen LogP contribution in [0.1, 0.15) is 25.2 Å². The van der Waals surface area contributed by atoms with Crippen LogP contribution < -0.4 is 5.32 Å². The van der Waals surface area contributed by atoms with Crippen molar-refractivity contribution >= 4 is 28.0 Å². The fourth-order valence-corrected chi connectivity index (χ4v) is 3.55. The molecule has 7 nitrogen and oxygen atoms in total. The molecule has 1 atom stereocenters. The molecule has 3 aromatic heterocycles. The van der Waals surface area contributed by atoms with E-state index in [-0.39, 0.29) is 11.9 Å². The molecule has 29 heavy (non-hydrogen) atoms. The summed E-state index contributed by atoms with van der Waals surface area (Å²) in [5.74, 6) is 1.04. The molecule has 8 heteroatoms. The molecule has 144 valence electrons. The first-order valence-corrected chi connectivity index (χ1v) is 9.39. The van der Waals surface area contributed by atoms with Crippen molar-refractivity contribution in [1.82, 2.24) is 29.5 Å². The number of nitrogens with zero attached hydrogens (tertiary/aromatic N) is 5. The smallest absolute Gasteiger partial charge is 0.182 e. The van der Waals surface area contributed by atoms with E-state index in [1.54, 1.807) is 18.5 Å². The van der Waals surface area contributed by atoms with E-state index >= 15 is 0 Å². The SMILES string of the molecule is CC[C@H](Nc1ncnc2nc[nH]c12)c1nc2ccccc2n1-c1ccccc1F. The number of fused-ring (bicyclic) bond motifs is 2. The number of aromatic nitrogens is 6. The Morgan fingerprint density at radius 2 is 1.90 bits per heavy atom. The number of imidazole rings is 2. The number of aromatic amines is 1. The van der Waals surface area contributed by atoms with Gasteiger partial charge in [0, 0.05) is 0 Å². The minimum absolute atomic E-state index is 0.205. The summed E-state index contributed by atoms with van der Waals surface area (Å²) in [7, 11) is 0. The monoisotopic (exact) mass is 387 g/mol. The quantitative estimate of drug-likeness (QED) is 0.467. The van der Waals surface area contributed by atoms with Crippen molar-refractivity contribution in [3.05, 3.63) is 72.8 Å². The van der Waals surface area contributed by atoms with E-state index in [9.17, 15) is 4.39 Å². The molecule has 0 aliphatic carbocycles. The van der Waals surface area contributed by atoms with Crippen LogP contribution in [-0.2, 0) is 0 Å². The second-order valence-corrected chi connectivity index (χ2v) is 6.67. The van der Waals surface area contributed by atoms with E-state index in [1.165, 1.54) is 12.4 Å². The number of benzene rings is 2. The summed E-state index contributed by atoms with van der Waals surface area (Å²) in [6.45, 7) is 2.05. The van der Waals surface area contributed by atoms with Crippen molar-refractivity contribution in [2.75, 3.05) is 5.32 Å². The zero-order valence-corrected chi connectivity index (χ0v) is 15.7. The highest BCUT2D eigenvalue weighted by Crippen LogP contribution is 2.30. The zero-order valence-electron chi connectivity index (χ0n) is 15.7. The van der Waals surface area contributed by atoms with Gasteiger partial charge in [-0.25, -0.2) is 24.3 Å². The van der Waals surface area contributed by atoms with Gasteiger partial charge in [-0.1, -0.05) is 31.2 Å². The summed E-state index contributed by atoms with van der Waals surface area (Å²) in [6, 6.07) is 14.3. The summed E-state index contributed by atoms with van der Waals surface area (Å²) < 4.78 is 16.6.